The number of ether oxygens (including phenoxy) is 1. The lowest BCUT2D eigenvalue weighted by atomic mass is 10.1. The highest BCUT2D eigenvalue weighted by molar-refractivity contribution is 7.89. The molecule has 0 atom stereocenters. The third-order valence-electron chi connectivity index (χ3n) is 7.57. The minimum absolute atomic E-state index is 0.0284. The van der Waals surface area contributed by atoms with Gasteiger partial charge in [-0.15, -0.1) is 0 Å². The molecule has 0 fully saturated rings. The second-order valence-electron chi connectivity index (χ2n) is 11.4. The minimum atomic E-state index is -3.94. The van der Waals surface area contributed by atoms with E-state index in [1.54, 1.807) is 24.1 Å². The van der Waals surface area contributed by atoms with Gasteiger partial charge in [-0.05, 0) is 64.2 Å². The summed E-state index contributed by atoms with van der Waals surface area (Å²) in [5.74, 6) is 0.559. The second kappa shape index (κ2) is 13.9. The molecule has 4 aromatic carbocycles. The van der Waals surface area contributed by atoms with Crippen LogP contribution in [-0.2, 0) is 34.5 Å². The molecule has 0 saturated carbocycles. The Morgan fingerprint density at radius 3 is 2.27 bits per heavy atom. The molecule has 0 aliphatic carbocycles. The Hall–Kier alpha value is -4.40. The Bertz CT molecular complexity index is 1820. The number of amides is 1. The van der Waals surface area contributed by atoms with Crippen LogP contribution in [0.15, 0.2) is 120 Å². The summed E-state index contributed by atoms with van der Waals surface area (Å²) < 4.78 is 36.8. The Kier molecular flexibility index (Phi) is 9.82. The number of hydrogen-bond donors (Lipinski definition) is 0. The van der Waals surface area contributed by atoms with Gasteiger partial charge < -0.3 is 14.2 Å². The van der Waals surface area contributed by atoms with Crippen LogP contribution in [0.1, 0.15) is 30.7 Å². The molecule has 0 radical (unpaired) electrons. The van der Waals surface area contributed by atoms with E-state index in [0.29, 0.717) is 19.6 Å². The van der Waals surface area contributed by atoms with Crippen molar-refractivity contribution in [2.24, 2.45) is 5.92 Å². The molecule has 5 aromatic rings. The first kappa shape index (κ1) is 31.0. The zero-order valence-electron chi connectivity index (χ0n) is 25.5. The predicted molar refractivity (Wildman–Crippen MR) is 175 cm³/mol. The number of hydrogen-bond acceptors (Lipinski definition) is 4. The first-order valence-electron chi connectivity index (χ1n) is 14.8. The zero-order chi connectivity index (χ0) is 31.1. The highest BCUT2D eigenvalue weighted by Gasteiger charge is 2.30. The molecule has 0 spiro atoms. The first-order chi connectivity index (χ1) is 21.2. The van der Waals surface area contributed by atoms with Crippen LogP contribution in [0.2, 0.25) is 0 Å². The number of rotatable bonds is 13. The number of aromatic nitrogens is 1. The second-order valence-corrected chi connectivity index (χ2v) is 13.4. The number of carbonyl (C=O) groups excluding carboxylic acids is 1. The van der Waals surface area contributed by atoms with Crippen LogP contribution < -0.4 is 4.74 Å². The number of benzene rings is 4. The maximum absolute atomic E-state index is 14.1. The molecule has 5 rings (SSSR count). The average molecular weight is 610 g/mol. The zero-order valence-corrected chi connectivity index (χ0v) is 26.3. The van der Waals surface area contributed by atoms with Gasteiger partial charge in [0, 0.05) is 31.5 Å². The molecule has 0 saturated heterocycles. The molecule has 228 valence electrons. The standard InChI is InChI=1S/C36H39N3O4S/c1-28(2)23-39(44(41,42)35-19-18-31-14-7-8-15-32(31)22-35)27-36(40)38(24-29-11-5-4-6-12-29)26-33-16-10-20-37(33)25-30-13-9-17-34(21-30)43-3/h4-22,28H,23-27H2,1-3H3. The van der Waals surface area contributed by atoms with Crippen LogP contribution in [0.4, 0.5) is 0 Å². The monoisotopic (exact) mass is 609 g/mol. The van der Waals surface area contributed by atoms with Gasteiger partial charge in [0.25, 0.3) is 0 Å². The molecular formula is C36H39N3O4S. The number of methoxy groups -OCH3 is 1. The van der Waals surface area contributed by atoms with E-state index in [2.05, 4.69) is 4.57 Å². The molecule has 1 aromatic heterocycles. The van der Waals surface area contributed by atoms with Crippen molar-refractivity contribution in [2.75, 3.05) is 20.2 Å². The summed E-state index contributed by atoms with van der Waals surface area (Å²) in [5.41, 5.74) is 3.00. The molecule has 0 aliphatic heterocycles. The van der Waals surface area contributed by atoms with Gasteiger partial charge in [-0.3, -0.25) is 4.79 Å². The number of nitrogens with zero attached hydrogens (tertiary/aromatic N) is 3. The fraction of sp³-hybridized carbons (Fsp3) is 0.250. The highest BCUT2D eigenvalue weighted by atomic mass is 32.2. The van der Waals surface area contributed by atoms with E-state index in [0.717, 1.165) is 33.3 Å². The van der Waals surface area contributed by atoms with Crippen molar-refractivity contribution in [3.63, 3.8) is 0 Å². The van der Waals surface area contributed by atoms with Gasteiger partial charge in [-0.25, -0.2) is 8.42 Å². The average Bonchev–Trinajstić information content (AvgIpc) is 3.46. The van der Waals surface area contributed by atoms with Crippen molar-refractivity contribution < 1.29 is 17.9 Å². The van der Waals surface area contributed by atoms with E-state index < -0.39 is 10.0 Å². The van der Waals surface area contributed by atoms with Crippen LogP contribution in [-0.4, -0.2) is 48.3 Å². The molecule has 8 heteroatoms. The van der Waals surface area contributed by atoms with Crippen LogP contribution in [0.3, 0.4) is 0 Å². The quantitative estimate of drug-likeness (QED) is 0.151. The van der Waals surface area contributed by atoms with Gasteiger partial charge in [0.1, 0.15) is 5.75 Å². The maximum Gasteiger partial charge on any atom is 0.243 e. The molecule has 44 heavy (non-hydrogen) atoms. The molecule has 1 amide bonds. The Labute approximate surface area is 260 Å². The summed E-state index contributed by atoms with van der Waals surface area (Å²) in [5, 5.41) is 1.80. The van der Waals surface area contributed by atoms with Gasteiger partial charge in [0.2, 0.25) is 15.9 Å². The van der Waals surface area contributed by atoms with E-state index in [-0.39, 0.29) is 29.8 Å². The third kappa shape index (κ3) is 7.56. The molecule has 7 nitrogen and oxygen atoms in total. The van der Waals surface area contributed by atoms with Crippen molar-refractivity contribution in [1.29, 1.82) is 0 Å². The van der Waals surface area contributed by atoms with Gasteiger partial charge in [-0.2, -0.15) is 4.31 Å². The molecule has 1 heterocycles. The van der Waals surface area contributed by atoms with Crippen molar-refractivity contribution in [1.82, 2.24) is 13.8 Å². The lowest BCUT2D eigenvalue weighted by Gasteiger charge is -2.29. The number of fused-ring (bicyclic) bond motifs is 1. The molecule has 0 aliphatic rings. The molecule has 0 N–H and O–H groups in total. The van der Waals surface area contributed by atoms with Gasteiger partial charge >= 0.3 is 0 Å². The summed E-state index contributed by atoms with van der Waals surface area (Å²) >= 11 is 0. The third-order valence-corrected chi connectivity index (χ3v) is 9.38. The van der Waals surface area contributed by atoms with Gasteiger partial charge in [0.15, 0.2) is 0 Å². The molecular weight excluding hydrogens is 570 g/mol. The number of carbonyl (C=O) groups is 1. The Balaban J connectivity index is 1.42. The van der Waals surface area contributed by atoms with Crippen LogP contribution in [0.25, 0.3) is 10.8 Å². The van der Waals surface area contributed by atoms with Gasteiger partial charge in [0.05, 0.1) is 25.1 Å². The van der Waals surface area contributed by atoms with E-state index in [1.165, 1.54) is 4.31 Å². The van der Waals surface area contributed by atoms with Crippen molar-refractivity contribution >= 4 is 26.7 Å². The van der Waals surface area contributed by atoms with Crippen molar-refractivity contribution in [3.8, 4) is 5.75 Å². The first-order valence-corrected chi connectivity index (χ1v) is 16.2. The fourth-order valence-electron chi connectivity index (χ4n) is 5.33. The highest BCUT2D eigenvalue weighted by Crippen LogP contribution is 2.24. The van der Waals surface area contributed by atoms with Crippen molar-refractivity contribution in [3.05, 3.63) is 132 Å². The summed E-state index contributed by atoms with van der Waals surface area (Å²) in [6.07, 6.45) is 2.00. The van der Waals surface area contributed by atoms with E-state index >= 15 is 0 Å². The van der Waals surface area contributed by atoms with Crippen LogP contribution in [0, 0.1) is 5.92 Å². The van der Waals surface area contributed by atoms with E-state index in [4.69, 9.17) is 4.74 Å². The number of sulfonamides is 1. The molecule has 0 bridgehead atoms. The van der Waals surface area contributed by atoms with Crippen LogP contribution in [0.5, 0.6) is 5.75 Å². The lowest BCUT2D eigenvalue weighted by Crippen LogP contribution is -2.44. The van der Waals surface area contributed by atoms with E-state index in [1.807, 2.05) is 117 Å². The largest absolute Gasteiger partial charge is 0.497 e. The predicted octanol–water partition coefficient (Wildman–Crippen LogP) is 6.57. The SMILES string of the molecule is COc1cccc(Cn2cccc2CN(Cc2ccccc2)C(=O)CN(CC(C)C)S(=O)(=O)c2ccc3ccccc3c2)c1. The Morgan fingerprint density at radius 2 is 1.52 bits per heavy atom. The van der Waals surface area contributed by atoms with Crippen molar-refractivity contribution in [2.45, 2.75) is 38.4 Å². The summed E-state index contributed by atoms with van der Waals surface area (Å²) in [4.78, 5) is 16.0. The topological polar surface area (TPSA) is 71.8 Å². The Morgan fingerprint density at radius 1 is 0.795 bits per heavy atom. The van der Waals surface area contributed by atoms with Crippen LogP contribution >= 0.6 is 0 Å². The summed E-state index contributed by atoms with van der Waals surface area (Å²) in [6.45, 7) is 5.19. The van der Waals surface area contributed by atoms with E-state index in [9.17, 15) is 13.2 Å². The lowest BCUT2D eigenvalue weighted by molar-refractivity contribution is -0.132. The smallest absolute Gasteiger partial charge is 0.243 e. The van der Waals surface area contributed by atoms with Gasteiger partial charge in [-0.1, -0.05) is 86.6 Å². The fourth-order valence-corrected chi connectivity index (χ4v) is 6.92. The summed E-state index contributed by atoms with van der Waals surface area (Å²) in [7, 11) is -2.29. The molecule has 0 unspecified atom stereocenters. The maximum atomic E-state index is 14.1. The normalized spacial score (nSPS) is 11.8. The minimum Gasteiger partial charge on any atom is -0.497 e. The summed E-state index contributed by atoms with van der Waals surface area (Å²) in [6, 6.07) is 34.5.